The summed E-state index contributed by atoms with van der Waals surface area (Å²) in [6.45, 7) is 3.04. The molecule has 2 atom stereocenters. The monoisotopic (exact) mass is 438 g/mol. The number of nitrogens with zero attached hydrogens (tertiary/aromatic N) is 4. The highest BCUT2D eigenvalue weighted by Gasteiger charge is 2.58. The molecule has 2 aromatic carbocycles. The van der Waals surface area contributed by atoms with Gasteiger partial charge in [-0.1, -0.05) is 40.6 Å². The van der Waals surface area contributed by atoms with Gasteiger partial charge in [-0.25, -0.2) is 0 Å². The molecular weight excluding hydrogens is 412 g/mol. The highest BCUT2D eigenvalue weighted by atomic mass is 32.3. The summed E-state index contributed by atoms with van der Waals surface area (Å²) in [7, 11) is -1.86. The lowest BCUT2D eigenvalue weighted by Crippen LogP contribution is -2.61. The van der Waals surface area contributed by atoms with E-state index in [4.69, 9.17) is 4.74 Å². The second-order valence-corrected chi connectivity index (χ2v) is 10.4. The van der Waals surface area contributed by atoms with Crippen LogP contribution < -0.4 is 9.64 Å². The molecule has 2 unspecified atom stereocenters. The lowest BCUT2D eigenvalue weighted by atomic mass is 9.71. The minimum Gasteiger partial charge on any atom is -0.591 e. The molecule has 3 aromatic rings. The predicted molar refractivity (Wildman–Crippen MR) is 118 cm³/mol. The molecule has 31 heavy (non-hydrogen) atoms. The molecule has 5 rings (SSSR count). The molecule has 162 valence electrons. The minimum atomic E-state index is -3.64. The first-order chi connectivity index (χ1) is 15.0. The zero-order valence-electron chi connectivity index (χ0n) is 17.5. The number of anilines is 1. The van der Waals surface area contributed by atoms with Crippen molar-refractivity contribution in [3.63, 3.8) is 0 Å². The van der Waals surface area contributed by atoms with E-state index in [1.54, 1.807) is 22.1 Å². The maximum Gasteiger partial charge on any atom is 0.284 e. The van der Waals surface area contributed by atoms with E-state index in [0.717, 1.165) is 18.8 Å². The molecule has 0 bridgehead atoms. The van der Waals surface area contributed by atoms with Gasteiger partial charge in [0.15, 0.2) is 10.4 Å². The third-order valence-electron chi connectivity index (χ3n) is 6.39. The standard InChI is InChI=1S/C23H26N4O3S/c1-25-13-22(24-18-25)31(28,29)27-12-19(14-30-21-10-6-3-7-11-21)23(17-27)15-26(16-23)20-8-4-2-5-9-20/h2-11,13,18-19H,12,14-17H2,1H3. The van der Waals surface area contributed by atoms with Crippen LogP contribution in [0, 0.1) is 11.3 Å². The van der Waals surface area contributed by atoms with Gasteiger partial charge in [-0.15, -0.1) is 4.31 Å². The van der Waals surface area contributed by atoms with Crippen molar-refractivity contribution < 1.29 is 13.5 Å². The SMILES string of the molecule is Cn1cnc([S+](=O)([O-])N2CC(COc3ccccc3)C3(CN(c4ccccc4)C3)C2)c1. The Balaban J connectivity index is 1.37. The Labute approximate surface area is 183 Å². The Morgan fingerprint density at radius 1 is 1.10 bits per heavy atom. The van der Waals surface area contributed by atoms with Crippen LogP contribution in [-0.2, 0) is 21.7 Å². The quantitative estimate of drug-likeness (QED) is 0.554. The molecule has 2 fully saturated rings. The minimum absolute atomic E-state index is 0.103. The smallest absolute Gasteiger partial charge is 0.284 e. The number of hydrogen-bond donors (Lipinski definition) is 0. The van der Waals surface area contributed by atoms with Crippen LogP contribution in [0.5, 0.6) is 5.75 Å². The van der Waals surface area contributed by atoms with Gasteiger partial charge in [0, 0.05) is 37.2 Å². The van der Waals surface area contributed by atoms with Crippen molar-refractivity contribution in [3.05, 3.63) is 73.2 Å². The van der Waals surface area contributed by atoms with Crippen LogP contribution in [0.4, 0.5) is 5.69 Å². The van der Waals surface area contributed by atoms with Crippen LogP contribution in [0.1, 0.15) is 0 Å². The molecule has 0 amide bonds. The number of rotatable bonds is 6. The Morgan fingerprint density at radius 2 is 1.77 bits per heavy atom. The van der Waals surface area contributed by atoms with Gasteiger partial charge in [0.25, 0.3) is 5.03 Å². The molecule has 1 spiro atoms. The normalized spacial score (nSPS) is 22.3. The van der Waals surface area contributed by atoms with Crippen molar-refractivity contribution in [2.45, 2.75) is 5.03 Å². The summed E-state index contributed by atoms with van der Waals surface area (Å²) < 4.78 is 35.8. The highest BCUT2D eigenvalue weighted by molar-refractivity contribution is 7.95. The average Bonchev–Trinajstić information content (AvgIpc) is 3.37. The van der Waals surface area contributed by atoms with Gasteiger partial charge in [-0.05, 0) is 24.3 Å². The Kier molecular flexibility index (Phi) is 5.08. The molecular formula is C23H26N4O3S. The first-order valence-electron chi connectivity index (χ1n) is 10.4. The topological polar surface area (TPSA) is 73.7 Å². The lowest BCUT2D eigenvalue weighted by Gasteiger charge is -2.52. The van der Waals surface area contributed by atoms with E-state index in [9.17, 15) is 8.76 Å². The van der Waals surface area contributed by atoms with E-state index in [2.05, 4.69) is 22.0 Å². The molecule has 0 radical (unpaired) electrons. The number of ether oxygens (including phenoxy) is 1. The number of imidazole rings is 1. The zero-order chi connectivity index (χ0) is 21.5. The Bertz CT molecular complexity index is 1080. The van der Waals surface area contributed by atoms with Gasteiger partial charge in [0.05, 0.1) is 32.2 Å². The van der Waals surface area contributed by atoms with E-state index in [1.807, 2.05) is 48.5 Å². The summed E-state index contributed by atoms with van der Waals surface area (Å²) in [5, 5.41) is 0.106. The molecule has 1 aromatic heterocycles. The highest BCUT2D eigenvalue weighted by Crippen LogP contribution is 2.47. The van der Waals surface area contributed by atoms with E-state index < -0.39 is 10.4 Å². The number of para-hydroxylation sites is 2. The van der Waals surface area contributed by atoms with Crippen LogP contribution in [0.25, 0.3) is 0 Å². The van der Waals surface area contributed by atoms with Gasteiger partial charge in [0.1, 0.15) is 5.75 Å². The molecule has 7 nitrogen and oxygen atoms in total. The number of benzene rings is 2. The summed E-state index contributed by atoms with van der Waals surface area (Å²) in [6, 6.07) is 20.0. The van der Waals surface area contributed by atoms with Crippen molar-refractivity contribution in [2.24, 2.45) is 18.4 Å². The van der Waals surface area contributed by atoms with Crippen molar-refractivity contribution >= 4 is 16.1 Å². The number of aryl methyl sites for hydroxylation is 1. The third kappa shape index (κ3) is 3.75. The molecule has 0 N–H and O–H groups in total. The van der Waals surface area contributed by atoms with E-state index >= 15 is 0 Å². The fourth-order valence-corrected chi connectivity index (χ4v) is 6.21. The molecule has 2 saturated heterocycles. The Hall–Kier alpha value is -2.68. The van der Waals surface area contributed by atoms with Gasteiger partial charge in [-0.2, -0.15) is 4.98 Å². The molecule has 2 aliphatic rings. The molecule has 0 aliphatic carbocycles. The summed E-state index contributed by atoms with van der Waals surface area (Å²) in [4.78, 5) is 6.41. The summed E-state index contributed by atoms with van der Waals surface area (Å²) >= 11 is 0. The van der Waals surface area contributed by atoms with E-state index in [-0.39, 0.29) is 16.4 Å². The summed E-state index contributed by atoms with van der Waals surface area (Å²) in [5.74, 6) is 0.911. The maximum absolute atomic E-state index is 13.2. The number of sulfonamides is 1. The van der Waals surface area contributed by atoms with Gasteiger partial charge >= 0.3 is 0 Å². The summed E-state index contributed by atoms with van der Waals surface area (Å²) in [5.41, 5.74) is 1.04. The Morgan fingerprint density at radius 3 is 2.42 bits per heavy atom. The van der Waals surface area contributed by atoms with Crippen LogP contribution in [0.3, 0.4) is 0 Å². The van der Waals surface area contributed by atoms with Crippen LogP contribution >= 0.6 is 0 Å². The second kappa shape index (κ2) is 7.78. The van der Waals surface area contributed by atoms with Crippen molar-refractivity contribution in [1.29, 1.82) is 0 Å². The van der Waals surface area contributed by atoms with E-state index in [1.165, 1.54) is 12.0 Å². The predicted octanol–water partition coefficient (Wildman–Crippen LogP) is 2.84. The van der Waals surface area contributed by atoms with Crippen molar-refractivity contribution in [1.82, 2.24) is 13.9 Å². The van der Waals surface area contributed by atoms with Crippen LogP contribution in [0.15, 0.2) is 78.2 Å². The molecule has 0 saturated carbocycles. The number of hydrogen-bond acceptors (Lipinski definition) is 5. The fraction of sp³-hybridized carbons (Fsp3) is 0.348. The largest absolute Gasteiger partial charge is 0.591 e. The molecule has 8 heteroatoms. The van der Waals surface area contributed by atoms with E-state index in [0.29, 0.717) is 19.7 Å². The second-order valence-electron chi connectivity index (χ2n) is 8.55. The third-order valence-corrected chi connectivity index (χ3v) is 8.09. The van der Waals surface area contributed by atoms with Crippen molar-refractivity contribution in [2.75, 3.05) is 37.7 Å². The van der Waals surface area contributed by atoms with Gasteiger partial charge in [-0.3, -0.25) is 0 Å². The van der Waals surface area contributed by atoms with Crippen molar-refractivity contribution in [3.8, 4) is 5.75 Å². The van der Waals surface area contributed by atoms with Gasteiger partial charge in [0.2, 0.25) is 0 Å². The van der Waals surface area contributed by atoms with Gasteiger partial charge < -0.3 is 18.8 Å². The molecule has 2 aliphatic heterocycles. The summed E-state index contributed by atoms with van der Waals surface area (Å²) in [6.07, 6.45) is 3.09. The first-order valence-corrected chi connectivity index (χ1v) is 11.9. The molecule has 3 heterocycles. The number of aromatic nitrogens is 2. The maximum atomic E-state index is 13.2. The first kappa shape index (κ1) is 20.2. The fourth-order valence-electron chi connectivity index (χ4n) is 4.66. The van der Waals surface area contributed by atoms with Crippen LogP contribution in [-0.4, -0.2) is 51.2 Å². The lowest BCUT2D eigenvalue weighted by molar-refractivity contribution is 0.113. The van der Waals surface area contributed by atoms with Crippen LogP contribution in [0.2, 0.25) is 0 Å². The zero-order valence-corrected chi connectivity index (χ0v) is 18.3. The average molecular weight is 439 g/mol.